The van der Waals surface area contributed by atoms with Crippen molar-refractivity contribution in [3.05, 3.63) is 64.2 Å². The van der Waals surface area contributed by atoms with Crippen LogP contribution in [0.4, 0.5) is 11.4 Å². The van der Waals surface area contributed by atoms with Gasteiger partial charge in [0.2, 0.25) is 0 Å². The second-order valence-electron chi connectivity index (χ2n) is 4.26. The predicted molar refractivity (Wildman–Crippen MR) is 78.2 cm³/mol. The molecule has 2 aromatic rings. The Hall–Kier alpha value is -2.45. The summed E-state index contributed by atoms with van der Waals surface area (Å²) in [6, 6.07) is 11.3. The van der Waals surface area contributed by atoms with Crippen LogP contribution in [0.25, 0.3) is 0 Å². The molecule has 2 rings (SSSR count). The molecule has 0 aromatic heterocycles. The molecule has 0 saturated heterocycles. The number of nitrogens with zero attached hydrogens (tertiary/aromatic N) is 1. The normalized spacial score (nSPS) is 11.1. The smallest absolute Gasteiger partial charge is 0.269 e. The molecule has 7 nitrogen and oxygen atoms in total. The first-order chi connectivity index (χ1) is 9.92. The van der Waals surface area contributed by atoms with E-state index in [2.05, 4.69) is 4.72 Å². The largest absolute Gasteiger partial charge is 0.326 e. The van der Waals surface area contributed by atoms with Gasteiger partial charge in [0.15, 0.2) is 0 Å². The number of rotatable bonds is 5. The van der Waals surface area contributed by atoms with Gasteiger partial charge in [-0.15, -0.1) is 0 Å². The molecular weight excluding hydrogens is 294 g/mol. The molecule has 2 aromatic carbocycles. The lowest BCUT2D eigenvalue weighted by molar-refractivity contribution is -0.384. The van der Waals surface area contributed by atoms with Gasteiger partial charge in [-0.25, -0.2) is 8.42 Å². The molecule has 0 radical (unpaired) electrons. The van der Waals surface area contributed by atoms with Crippen molar-refractivity contribution in [3.8, 4) is 0 Å². The molecule has 0 saturated carbocycles. The Morgan fingerprint density at radius 3 is 2.10 bits per heavy atom. The fourth-order valence-electron chi connectivity index (χ4n) is 1.67. The van der Waals surface area contributed by atoms with Crippen LogP contribution < -0.4 is 10.5 Å². The van der Waals surface area contributed by atoms with Crippen LogP contribution in [0.15, 0.2) is 53.4 Å². The zero-order valence-electron chi connectivity index (χ0n) is 10.9. The van der Waals surface area contributed by atoms with Crippen LogP contribution in [-0.4, -0.2) is 13.3 Å². The first-order valence-corrected chi connectivity index (χ1v) is 7.47. The molecule has 8 heteroatoms. The van der Waals surface area contributed by atoms with Gasteiger partial charge in [0.1, 0.15) is 0 Å². The highest BCUT2D eigenvalue weighted by Crippen LogP contribution is 2.19. The molecular formula is C13H13N3O4S. The molecule has 0 atom stereocenters. The molecule has 0 aliphatic carbocycles. The quantitative estimate of drug-likeness (QED) is 0.646. The molecule has 0 bridgehead atoms. The SMILES string of the molecule is NCc1ccc(NS(=O)(=O)c2ccc([N+](=O)[O-])cc2)cc1. The zero-order chi connectivity index (χ0) is 15.5. The summed E-state index contributed by atoms with van der Waals surface area (Å²) < 4.78 is 26.7. The maximum atomic E-state index is 12.1. The molecule has 110 valence electrons. The molecule has 0 aliphatic rings. The summed E-state index contributed by atoms with van der Waals surface area (Å²) in [7, 11) is -3.78. The minimum absolute atomic E-state index is 0.0454. The Kier molecular flexibility index (Phi) is 4.20. The van der Waals surface area contributed by atoms with Gasteiger partial charge in [-0.3, -0.25) is 14.8 Å². The summed E-state index contributed by atoms with van der Waals surface area (Å²) in [5.41, 5.74) is 6.57. The van der Waals surface area contributed by atoms with Gasteiger partial charge in [-0.2, -0.15) is 0 Å². The van der Waals surface area contributed by atoms with Crippen LogP contribution in [0.3, 0.4) is 0 Å². The van der Waals surface area contributed by atoms with E-state index in [0.717, 1.165) is 17.7 Å². The number of nitro benzene ring substituents is 1. The number of nitrogens with two attached hydrogens (primary N) is 1. The number of benzene rings is 2. The summed E-state index contributed by atoms with van der Waals surface area (Å²) >= 11 is 0. The number of nitro groups is 1. The maximum Gasteiger partial charge on any atom is 0.269 e. The Bertz CT molecular complexity index is 740. The minimum Gasteiger partial charge on any atom is -0.326 e. The fraction of sp³-hybridized carbons (Fsp3) is 0.0769. The summed E-state index contributed by atoms with van der Waals surface area (Å²) in [4.78, 5) is 9.91. The summed E-state index contributed by atoms with van der Waals surface area (Å²) in [6.45, 7) is 0.370. The fourth-order valence-corrected chi connectivity index (χ4v) is 2.73. The number of non-ortho nitro benzene ring substituents is 1. The van der Waals surface area contributed by atoms with Crippen LogP contribution in [-0.2, 0) is 16.6 Å². The van der Waals surface area contributed by atoms with Crippen LogP contribution in [0, 0.1) is 10.1 Å². The Morgan fingerprint density at radius 2 is 1.62 bits per heavy atom. The third-order valence-corrected chi connectivity index (χ3v) is 4.20. The topological polar surface area (TPSA) is 115 Å². The van der Waals surface area contributed by atoms with E-state index in [-0.39, 0.29) is 10.6 Å². The van der Waals surface area contributed by atoms with Crippen LogP contribution in [0.5, 0.6) is 0 Å². The number of hydrogen-bond acceptors (Lipinski definition) is 5. The highest BCUT2D eigenvalue weighted by molar-refractivity contribution is 7.92. The molecule has 0 amide bonds. The third kappa shape index (κ3) is 3.56. The van der Waals surface area contributed by atoms with E-state index in [0.29, 0.717) is 12.2 Å². The van der Waals surface area contributed by atoms with Crippen molar-refractivity contribution in [2.45, 2.75) is 11.4 Å². The van der Waals surface area contributed by atoms with E-state index >= 15 is 0 Å². The van der Waals surface area contributed by atoms with Crippen molar-refractivity contribution in [2.75, 3.05) is 4.72 Å². The maximum absolute atomic E-state index is 12.1. The average Bonchev–Trinajstić information content (AvgIpc) is 2.48. The highest BCUT2D eigenvalue weighted by atomic mass is 32.2. The second-order valence-corrected chi connectivity index (χ2v) is 5.94. The summed E-state index contributed by atoms with van der Waals surface area (Å²) in [5.74, 6) is 0. The first kappa shape index (κ1) is 14.9. The molecule has 21 heavy (non-hydrogen) atoms. The lowest BCUT2D eigenvalue weighted by Crippen LogP contribution is -2.13. The standard InChI is InChI=1S/C13H13N3O4S/c14-9-10-1-3-11(4-2-10)15-21(19,20)13-7-5-12(6-8-13)16(17)18/h1-8,15H,9,14H2. The minimum atomic E-state index is -3.78. The van der Waals surface area contributed by atoms with E-state index in [4.69, 9.17) is 5.73 Å². The third-order valence-electron chi connectivity index (χ3n) is 2.80. The lowest BCUT2D eigenvalue weighted by atomic mass is 10.2. The van der Waals surface area contributed by atoms with Gasteiger partial charge in [-0.1, -0.05) is 12.1 Å². The van der Waals surface area contributed by atoms with Gasteiger partial charge in [-0.05, 0) is 29.8 Å². The Labute approximate surface area is 121 Å². The molecule has 0 unspecified atom stereocenters. The summed E-state index contributed by atoms with van der Waals surface area (Å²) in [5, 5.41) is 10.5. The van der Waals surface area contributed by atoms with E-state index in [1.54, 1.807) is 24.3 Å². The van der Waals surface area contributed by atoms with Crippen molar-refractivity contribution in [3.63, 3.8) is 0 Å². The van der Waals surface area contributed by atoms with Crippen molar-refractivity contribution in [1.82, 2.24) is 0 Å². The second kappa shape index (κ2) is 5.90. The molecule has 0 heterocycles. The van der Waals surface area contributed by atoms with Gasteiger partial charge in [0, 0.05) is 24.4 Å². The monoisotopic (exact) mass is 307 g/mol. The number of sulfonamides is 1. The van der Waals surface area contributed by atoms with Crippen LogP contribution in [0.1, 0.15) is 5.56 Å². The average molecular weight is 307 g/mol. The number of nitrogens with one attached hydrogen (secondary N) is 1. The van der Waals surface area contributed by atoms with Crippen LogP contribution in [0.2, 0.25) is 0 Å². The number of anilines is 1. The molecule has 0 fully saturated rings. The highest BCUT2D eigenvalue weighted by Gasteiger charge is 2.15. The van der Waals surface area contributed by atoms with Crippen LogP contribution >= 0.6 is 0 Å². The van der Waals surface area contributed by atoms with E-state index < -0.39 is 14.9 Å². The lowest BCUT2D eigenvalue weighted by Gasteiger charge is -2.08. The van der Waals surface area contributed by atoms with Gasteiger partial charge in [0.25, 0.3) is 15.7 Å². The van der Waals surface area contributed by atoms with Gasteiger partial charge >= 0.3 is 0 Å². The summed E-state index contributed by atoms with van der Waals surface area (Å²) in [6.07, 6.45) is 0. The van der Waals surface area contributed by atoms with Crippen molar-refractivity contribution in [2.24, 2.45) is 5.73 Å². The van der Waals surface area contributed by atoms with Crippen molar-refractivity contribution >= 4 is 21.4 Å². The van der Waals surface area contributed by atoms with Gasteiger partial charge in [0.05, 0.1) is 9.82 Å². The van der Waals surface area contributed by atoms with Crippen molar-refractivity contribution < 1.29 is 13.3 Å². The predicted octanol–water partition coefficient (Wildman–Crippen LogP) is 1.85. The Balaban J connectivity index is 2.22. The van der Waals surface area contributed by atoms with Gasteiger partial charge < -0.3 is 5.73 Å². The van der Waals surface area contributed by atoms with Crippen molar-refractivity contribution in [1.29, 1.82) is 0 Å². The zero-order valence-corrected chi connectivity index (χ0v) is 11.7. The van der Waals surface area contributed by atoms with E-state index in [9.17, 15) is 18.5 Å². The molecule has 3 N–H and O–H groups in total. The number of hydrogen-bond donors (Lipinski definition) is 2. The first-order valence-electron chi connectivity index (χ1n) is 5.98. The Morgan fingerprint density at radius 1 is 1.05 bits per heavy atom. The van der Waals surface area contributed by atoms with E-state index in [1.807, 2.05) is 0 Å². The molecule has 0 aliphatic heterocycles. The molecule has 0 spiro atoms. The van der Waals surface area contributed by atoms with E-state index in [1.165, 1.54) is 12.1 Å².